The number of amides is 1. The number of nitrogens with one attached hydrogen (secondary N) is 1. The number of rotatable bonds is 7. The van der Waals surface area contributed by atoms with Crippen molar-refractivity contribution < 1.29 is 9.53 Å². The summed E-state index contributed by atoms with van der Waals surface area (Å²) in [7, 11) is 3.98. The molecule has 3 N–H and O–H groups in total. The number of alkyl carbamates (subject to hydrolysis) is 1. The number of likely N-dealkylation sites (tertiary alicyclic amines) is 2. The Morgan fingerprint density at radius 3 is 1.76 bits per heavy atom. The number of hydrogen-bond acceptors (Lipinski definition) is 7. The molecule has 208 valence electrons. The summed E-state index contributed by atoms with van der Waals surface area (Å²) < 4.78 is 9.14. The average Bonchev–Trinajstić information content (AvgIpc) is 3.46. The van der Waals surface area contributed by atoms with Gasteiger partial charge >= 0.3 is 6.09 Å². The van der Waals surface area contributed by atoms with E-state index in [1.165, 1.54) is 37.3 Å². The monoisotopic (exact) mass is 516 g/mol. The molecule has 2 aliphatic rings. The number of piperidine rings is 2. The molecule has 2 aromatic heterocycles. The Morgan fingerprint density at radius 2 is 1.38 bits per heavy atom. The zero-order valence-corrected chi connectivity index (χ0v) is 23.5. The minimum Gasteiger partial charge on any atom is -0.444 e. The maximum absolute atomic E-state index is 11.7. The number of aromatic nitrogens is 4. The van der Waals surface area contributed by atoms with Crippen LogP contribution in [0, 0.1) is 11.8 Å². The summed E-state index contributed by atoms with van der Waals surface area (Å²) in [5.74, 6) is 1.28. The molecule has 0 aliphatic carbocycles. The average molecular weight is 517 g/mol. The normalized spacial score (nSPS) is 18.3. The van der Waals surface area contributed by atoms with Gasteiger partial charge in [-0.1, -0.05) is 0 Å². The smallest absolute Gasteiger partial charge is 0.407 e. The molecule has 1 amide bonds. The number of nitrogens with two attached hydrogens (primary N) is 1. The summed E-state index contributed by atoms with van der Waals surface area (Å²) in [6.45, 7) is 13.6. The first-order valence-corrected chi connectivity index (χ1v) is 13.7. The third kappa shape index (κ3) is 10.1. The van der Waals surface area contributed by atoms with Crippen molar-refractivity contribution in [2.75, 3.05) is 39.3 Å². The van der Waals surface area contributed by atoms with E-state index in [0.29, 0.717) is 12.5 Å². The van der Waals surface area contributed by atoms with Gasteiger partial charge in [0.05, 0.1) is 11.4 Å². The van der Waals surface area contributed by atoms with Crippen LogP contribution in [0.1, 0.15) is 57.8 Å². The number of ether oxygens (including phenoxy) is 1. The van der Waals surface area contributed by atoms with Gasteiger partial charge < -0.3 is 15.8 Å². The fourth-order valence-electron chi connectivity index (χ4n) is 4.84. The van der Waals surface area contributed by atoms with E-state index in [4.69, 9.17) is 10.5 Å². The minimum absolute atomic E-state index is 0.315. The van der Waals surface area contributed by atoms with E-state index < -0.39 is 5.60 Å². The van der Waals surface area contributed by atoms with Crippen LogP contribution >= 0.6 is 0 Å². The first-order chi connectivity index (χ1) is 17.6. The lowest BCUT2D eigenvalue weighted by atomic mass is 9.97. The Hall–Kier alpha value is -2.43. The zero-order chi connectivity index (χ0) is 26.8. The first-order valence-electron chi connectivity index (χ1n) is 13.7. The second-order valence-corrected chi connectivity index (χ2v) is 11.4. The lowest BCUT2D eigenvalue weighted by molar-refractivity contribution is 0.0509. The molecule has 2 aliphatic heterocycles. The number of aryl methyl sites for hydroxylation is 2. The van der Waals surface area contributed by atoms with Gasteiger partial charge in [0.25, 0.3) is 0 Å². The molecule has 4 heterocycles. The second kappa shape index (κ2) is 13.9. The van der Waals surface area contributed by atoms with Gasteiger partial charge in [0, 0.05) is 46.1 Å². The maximum atomic E-state index is 11.7. The van der Waals surface area contributed by atoms with Crippen molar-refractivity contribution in [2.24, 2.45) is 31.7 Å². The fraction of sp³-hybridized carbons (Fsp3) is 0.741. The number of carbonyl (C=O) groups excluding carboxylic acids is 1. The molecule has 10 nitrogen and oxygen atoms in total. The molecule has 0 aromatic carbocycles. The molecule has 2 saturated heterocycles. The molecular weight excluding hydrogens is 468 g/mol. The largest absolute Gasteiger partial charge is 0.444 e. The van der Waals surface area contributed by atoms with Crippen LogP contribution in [0.4, 0.5) is 4.79 Å². The Kier molecular flexibility index (Phi) is 11.0. The highest BCUT2D eigenvalue weighted by Crippen LogP contribution is 2.19. The third-order valence-electron chi connectivity index (χ3n) is 7.30. The van der Waals surface area contributed by atoms with Crippen LogP contribution in [0.15, 0.2) is 24.5 Å². The molecule has 0 spiro atoms. The van der Waals surface area contributed by atoms with Crippen molar-refractivity contribution in [1.82, 2.24) is 34.7 Å². The van der Waals surface area contributed by atoms with Crippen LogP contribution < -0.4 is 11.1 Å². The summed E-state index contributed by atoms with van der Waals surface area (Å²) in [6.07, 6.45) is 8.09. The van der Waals surface area contributed by atoms with Gasteiger partial charge in [0.1, 0.15) is 5.60 Å². The predicted molar refractivity (Wildman–Crippen MR) is 146 cm³/mol. The van der Waals surface area contributed by atoms with Crippen LogP contribution in [0.3, 0.4) is 0 Å². The van der Waals surface area contributed by atoms with Gasteiger partial charge in [-0.05, 0) is 103 Å². The molecule has 10 heteroatoms. The van der Waals surface area contributed by atoms with Gasteiger partial charge in [-0.25, -0.2) is 4.79 Å². The predicted octanol–water partition coefficient (Wildman–Crippen LogP) is 2.75. The highest BCUT2D eigenvalue weighted by Gasteiger charge is 2.22. The summed E-state index contributed by atoms with van der Waals surface area (Å²) in [5.41, 5.74) is 7.78. The summed E-state index contributed by atoms with van der Waals surface area (Å²) in [4.78, 5) is 16.6. The zero-order valence-electron chi connectivity index (χ0n) is 23.5. The third-order valence-corrected chi connectivity index (χ3v) is 7.30. The summed E-state index contributed by atoms with van der Waals surface area (Å²) >= 11 is 0. The second-order valence-electron chi connectivity index (χ2n) is 11.4. The van der Waals surface area contributed by atoms with Crippen molar-refractivity contribution in [2.45, 2.75) is 65.1 Å². The van der Waals surface area contributed by atoms with E-state index in [9.17, 15) is 4.79 Å². The molecule has 0 bridgehead atoms. The Bertz CT molecular complexity index is 934. The van der Waals surface area contributed by atoms with E-state index in [-0.39, 0.29) is 6.09 Å². The van der Waals surface area contributed by atoms with Gasteiger partial charge in [-0.3, -0.25) is 19.2 Å². The maximum Gasteiger partial charge on any atom is 0.407 e. The quantitative estimate of drug-likeness (QED) is 0.583. The lowest BCUT2D eigenvalue weighted by Gasteiger charge is -2.32. The molecule has 2 fully saturated rings. The molecular formula is C27H48N8O2. The fourth-order valence-corrected chi connectivity index (χ4v) is 4.84. The van der Waals surface area contributed by atoms with E-state index in [2.05, 4.69) is 37.4 Å². The topological polar surface area (TPSA) is 106 Å². The molecule has 0 atom stereocenters. The van der Waals surface area contributed by atoms with Crippen LogP contribution in [0.25, 0.3) is 0 Å². The molecule has 37 heavy (non-hydrogen) atoms. The highest BCUT2D eigenvalue weighted by atomic mass is 16.6. The van der Waals surface area contributed by atoms with Crippen LogP contribution in [-0.4, -0.2) is 80.3 Å². The number of carbonyl (C=O) groups is 1. The van der Waals surface area contributed by atoms with Crippen molar-refractivity contribution in [3.05, 3.63) is 35.9 Å². The number of hydrogen-bond donors (Lipinski definition) is 2. The lowest BCUT2D eigenvalue weighted by Crippen LogP contribution is -2.40. The van der Waals surface area contributed by atoms with Crippen LogP contribution in [0.2, 0.25) is 0 Å². The molecule has 2 aromatic rings. The van der Waals surface area contributed by atoms with E-state index in [0.717, 1.165) is 51.5 Å². The van der Waals surface area contributed by atoms with Gasteiger partial charge in [0.15, 0.2) is 0 Å². The Morgan fingerprint density at radius 1 is 0.919 bits per heavy atom. The standard InChI is InChI=1S/C16H28N4O2.C11H20N4/c1-16(2,3)22-15(21)17-11-13-6-9-20(10-7-13)12-14-5-8-18-19(14)4;1-14-11(2-5-13-14)9-15-6-3-10(8-12)4-7-15/h5,8,13H,6-7,9-12H2,1-4H3,(H,17,21);2,5,10H,3-4,6-9,12H2,1H3. The van der Waals surface area contributed by atoms with Crippen molar-refractivity contribution in [3.63, 3.8) is 0 Å². The first kappa shape index (κ1) is 29.1. The van der Waals surface area contributed by atoms with Crippen molar-refractivity contribution in [3.8, 4) is 0 Å². The molecule has 0 saturated carbocycles. The summed E-state index contributed by atoms with van der Waals surface area (Å²) in [5, 5.41) is 11.3. The molecule has 0 unspecified atom stereocenters. The Labute approximate surface area is 222 Å². The minimum atomic E-state index is -0.434. The van der Waals surface area contributed by atoms with Crippen molar-refractivity contribution >= 4 is 6.09 Å². The van der Waals surface area contributed by atoms with Crippen molar-refractivity contribution in [1.29, 1.82) is 0 Å². The Balaban J connectivity index is 0.000000220. The van der Waals surface area contributed by atoms with Gasteiger partial charge in [-0.15, -0.1) is 0 Å². The van der Waals surface area contributed by atoms with Gasteiger partial charge in [-0.2, -0.15) is 10.2 Å². The van der Waals surface area contributed by atoms with E-state index in [1.54, 1.807) is 0 Å². The van der Waals surface area contributed by atoms with Crippen LogP contribution in [-0.2, 0) is 31.9 Å². The summed E-state index contributed by atoms with van der Waals surface area (Å²) in [6, 6.07) is 4.16. The highest BCUT2D eigenvalue weighted by molar-refractivity contribution is 5.67. The molecule has 0 radical (unpaired) electrons. The SMILES string of the molecule is Cn1nccc1CN1CCC(CN)CC1.Cn1nccc1CN1CCC(CNC(=O)OC(C)(C)C)CC1. The molecule has 4 rings (SSSR count). The van der Waals surface area contributed by atoms with E-state index in [1.807, 2.05) is 56.6 Å². The van der Waals surface area contributed by atoms with E-state index >= 15 is 0 Å². The van der Waals surface area contributed by atoms with Gasteiger partial charge in [0.2, 0.25) is 0 Å². The van der Waals surface area contributed by atoms with Crippen LogP contribution in [0.5, 0.6) is 0 Å². The number of nitrogens with zero attached hydrogens (tertiary/aromatic N) is 6.